The topological polar surface area (TPSA) is 28.2 Å². The van der Waals surface area contributed by atoms with Crippen LogP contribution in [0.2, 0.25) is 39.3 Å². The summed E-state index contributed by atoms with van der Waals surface area (Å²) < 4.78 is 59.9. The summed E-state index contributed by atoms with van der Waals surface area (Å²) in [5, 5.41) is 0. The summed E-state index contributed by atoms with van der Waals surface area (Å²) in [4.78, 5) is 9.70. The molecule has 0 atom stereocenters. The van der Waals surface area contributed by atoms with Gasteiger partial charge in [0.2, 0.25) is 0 Å². The maximum Gasteiger partial charge on any atom is 4.00 e. The molecular formula is C26H31F5N2Si2Zr. The number of hydrogen-bond donors (Lipinski definition) is 0. The van der Waals surface area contributed by atoms with E-state index in [-0.39, 0.29) is 26.2 Å². The number of nitrogens with zero attached hydrogens (tertiary/aromatic N) is 2. The average molecular weight is 614 g/mol. The molecule has 3 aromatic carbocycles. The number of halogens is 5. The smallest absolute Gasteiger partial charge is 0.687 e. The van der Waals surface area contributed by atoms with Gasteiger partial charge in [0.15, 0.2) is 0 Å². The van der Waals surface area contributed by atoms with Crippen LogP contribution in [-0.4, -0.2) is 16.5 Å². The van der Waals surface area contributed by atoms with E-state index in [2.05, 4.69) is 70.5 Å². The molecule has 0 aliphatic rings. The van der Waals surface area contributed by atoms with E-state index >= 15 is 0 Å². The van der Waals surface area contributed by atoms with Crippen molar-refractivity contribution in [2.75, 3.05) is 0 Å². The molecule has 0 saturated heterocycles. The first-order chi connectivity index (χ1) is 16.1. The minimum atomic E-state index is -2.17. The van der Waals surface area contributed by atoms with E-state index in [0.29, 0.717) is 0 Å². The first-order valence-corrected chi connectivity index (χ1v) is 17.8. The summed E-state index contributed by atoms with van der Waals surface area (Å²) >= 11 is 0. The molecule has 0 amide bonds. The Balaban J connectivity index is 0.000000552. The fourth-order valence-electron chi connectivity index (χ4n) is 2.41. The molecule has 2 nitrogen and oxygen atoms in total. The summed E-state index contributed by atoms with van der Waals surface area (Å²) in [5.41, 5.74) is 3.49. The minimum Gasteiger partial charge on any atom is -0.687 e. The van der Waals surface area contributed by atoms with Crippen molar-refractivity contribution in [2.45, 2.75) is 45.8 Å². The summed E-state index contributed by atoms with van der Waals surface area (Å²) in [7, 11) is -2.74. The normalized spacial score (nSPS) is 10.8. The van der Waals surface area contributed by atoms with Crippen molar-refractivity contribution in [3.63, 3.8) is 0 Å². The van der Waals surface area contributed by atoms with Gasteiger partial charge in [-0.25, -0.2) is 13.2 Å². The number of hydrogen-bond acceptors (Lipinski definition) is 0. The standard InChI is InChI=1S/C13H24N2Si2.C7H7.C6F5.Zr/c1-16(2,3)14-11-12-9-7-8-10-13(12)15-17(4,5)6;1-7-5-3-2-4-6-7;7-2-1-3(8)5(10)6(11)4(2)9;/h7-10H,11H2,1-6H3;2-6H,1H2;;/q-2;2*-1;+4. The van der Waals surface area contributed by atoms with Crippen LogP contribution in [0.15, 0.2) is 54.6 Å². The second kappa shape index (κ2) is 15.5. The third-order valence-corrected chi connectivity index (χ3v) is 6.02. The maximum atomic E-state index is 12.0. The second-order valence-corrected chi connectivity index (χ2v) is 18.8. The Labute approximate surface area is 233 Å². The van der Waals surface area contributed by atoms with E-state index in [4.69, 9.17) is 9.96 Å². The molecule has 0 bridgehead atoms. The molecule has 0 aliphatic carbocycles. The molecule has 0 fully saturated rings. The molecule has 3 rings (SSSR count). The minimum absolute atomic E-state index is 0. The quantitative estimate of drug-likeness (QED) is 0.0902. The predicted octanol–water partition coefficient (Wildman–Crippen LogP) is 9.28. The van der Waals surface area contributed by atoms with Crippen LogP contribution in [0.3, 0.4) is 0 Å². The summed E-state index contributed by atoms with van der Waals surface area (Å²) in [6, 6.07) is 19.3. The van der Waals surface area contributed by atoms with Crippen molar-refractivity contribution < 1.29 is 48.2 Å². The van der Waals surface area contributed by atoms with Crippen molar-refractivity contribution in [2.24, 2.45) is 0 Å². The van der Waals surface area contributed by atoms with Gasteiger partial charge in [-0.2, -0.15) is 24.6 Å². The van der Waals surface area contributed by atoms with Gasteiger partial charge in [0.25, 0.3) is 0 Å². The first-order valence-electron chi connectivity index (χ1n) is 10.9. The molecule has 0 radical (unpaired) electrons. The van der Waals surface area contributed by atoms with Crippen LogP contribution in [0.25, 0.3) is 9.96 Å². The van der Waals surface area contributed by atoms with E-state index in [1.165, 1.54) is 5.56 Å². The fourth-order valence-corrected chi connectivity index (χ4v) is 4.00. The van der Waals surface area contributed by atoms with Crippen molar-refractivity contribution in [1.29, 1.82) is 0 Å². The second-order valence-electron chi connectivity index (χ2n) is 9.58. The van der Waals surface area contributed by atoms with E-state index < -0.39 is 45.6 Å². The SMILES string of the molecule is C[Si](C)(C)[N-]Cc1ccccc1[N-][Si](C)(C)C.Fc1[c-]c(F)c(F)c(F)c1F.[CH2-]c1ccccc1.[Zr+4]. The van der Waals surface area contributed by atoms with Gasteiger partial charge in [0.05, 0.1) is 29.1 Å². The molecule has 0 spiro atoms. The number of rotatable bonds is 5. The average Bonchev–Trinajstić information content (AvgIpc) is 2.76. The Bertz CT molecular complexity index is 1050. The summed E-state index contributed by atoms with van der Waals surface area (Å²) in [6.07, 6.45) is 0. The zero-order valence-corrected chi connectivity index (χ0v) is 25.9. The van der Waals surface area contributed by atoms with Gasteiger partial charge >= 0.3 is 26.2 Å². The molecule has 0 N–H and O–H groups in total. The Morgan fingerprint density at radius 2 is 1.17 bits per heavy atom. The van der Waals surface area contributed by atoms with E-state index in [1.54, 1.807) is 0 Å². The van der Waals surface area contributed by atoms with Crippen LogP contribution in [-0.2, 0) is 32.7 Å². The first kappa shape index (κ1) is 34.3. The maximum absolute atomic E-state index is 12.0. The zero-order valence-electron chi connectivity index (χ0n) is 21.4. The Hall–Kier alpha value is -1.74. The van der Waals surface area contributed by atoms with Gasteiger partial charge in [0.1, 0.15) is 0 Å². The summed E-state index contributed by atoms with van der Waals surface area (Å²) in [5.74, 6) is -10.0. The van der Waals surface area contributed by atoms with E-state index in [9.17, 15) is 22.0 Å². The molecule has 0 aromatic heterocycles. The van der Waals surface area contributed by atoms with Gasteiger partial charge in [-0.3, -0.25) is 8.78 Å². The van der Waals surface area contributed by atoms with Crippen LogP contribution >= 0.6 is 0 Å². The molecule has 10 heteroatoms. The third kappa shape index (κ3) is 13.5. The van der Waals surface area contributed by atoms with Crippen LogP contribution in [0, 0.1) is 42.1 Å². The van der Waals surface area contributed by atoms with Crippen molar-refractivity contribution in [3.05, 3.63) is 118 Å². The van der Waals surface area contributed by atoms with Crippen molar-refractivity contribution >= 4 is 22.2 Å². The fraction of sp³-hybridized carbons (Fsp3) is 0.269. The van der Waals surface area contributed by atoms with Crippen molar-refractivity contribution in [1.82, 2.24) is 0 Å². The van der Waals surface area contributed by atoms with Crippen LogP contribution in [0.5, 0.6) is 0 Å². The molecule has 0 aliphatic heterocycles. The predicted molar refractivity (Wildman–Crippen MR) is 139 cm³/mol. The van der Waals surface area contributed by atoms with Gasteiger partial charge < -0.3 is 9.96 Å². The molecule has 36 heavy (non-hydrogen) atoms. The Morgan fingerprint density at radius 1 is 0.694 bits per heavy atom. The van der Waals surface area contributed by atoms with Gasteiger partial charge in [-0.1, -0.05) is 83.4 Å². The molecule has 0 unspecified atom stereocenters. The van der Waals surface area contributed by atoms with Crippen LogP contribution in [0.4, 0.5) is 27.6 Å². The van der Waals surface area contributed by atoms with Crippen molar-refractivity contribution in [3.8, 4) is 0 Å². The van der Waals surface area contributed by atoms with Crippen LogP contribution in [0.1, 0.15) is 11.1 Å². The zero-order chi connectivity index (χ0) is 26.8. The third-order valence-electron chi connectivity index (χ3n) is 4.00. The van der Waals surface area contributed by atoms with E-state index in [0.717, 1.165) is 23.9 Å². The monoisotopic (exact) mass is 612 g/mol. The molecule has 0 heterocycles. The molecule has 192 valence electrons. The Morgan fingerprint density at radius 3 is 1.58 bits per heavy atom. The van der Waals surface area contributed by atoms with Crippen LogP contribution < -0.4 is 0 Å². The Kier molecular flexibility index (Phi) is 14.7. The van der Waals surface area contributed by atoms with Gasteiger partial charge in [0, 0.05) is 0 Å². The van der Waals surface area contributed by atoms with Gasteiger partial charge in [-0.15, -0.1) is 30.4 Å². The van der Waals surface area contributed by atoms with Gasteiger partial charge in [-0.05, 0) is 8.24 Å². The summed E-state index contributed by atoms with van der Waals surface area (Å²) in [6.45, 7) is 18.1. The molecular weight excluding hydrogens is 583 g/mol. The van der Waals surface area contributed by atoms with E-state index in [1.807, 2.05) is 30.3 Å². The largest absolute Gasteiger partial charge is 4.00 e. The number of benzene rings is 3. The molecule has 0 saturated carbocycles. The molecule has 3 aromatic rings.